The van der Waals surface area contributed by atoms with E-state index >= 15 is 0 Å². The predicted molar refractivity (Wildman–Crippen MR) is 70.1 cm³/mol. The van der Waals surface area contributed by atoms with Crippen LogP contribution >= 0.6 is 0 Å². The van der Waals surface area contributed by atoms with E-state index in [1.54, 1.807) is 0 Å². The summed E-state index contributed by atoms with van der Waals surface area (Å²) in [6.07, 6.45) is 4.85. The molecule has 2 atom stereocenters. The number of carbonyl (C=O) groups excluding carboxylic acids is 3. The summed E-state index contributed by atoms with van der Waals surface area (Å²) in [4.78, 5) is 35.0. The Morgan fingerprint density at radius 1 is 1.26 bits per heavy atom. The number of piperidine rings is 1. The van der Waals surface area contributed by atoms with Crippen LogP contribution in [0.15, 0.2) is 0 Å². The van der Waals surface area contributed by atoms with E-state index < -0.39 is 6.04 Å². The molecule has 0 aromatic heterocycles. The summed E-state index contributed by atoms with van der Waals surface area (Å²) in [7, 11) is 0. The smallest absolute Gasteiger partial charge is 0.249 e. The van der Waals surface area contributed by atoms with Gasteiger partial charge in [0.15, 0.2) is 0 Å². The van der Waals surface area contributed by atoms with Gasteiger partial charge in [0.2, 0.25) is 17.7 Å². The standard InChI is InChI=1S/C14H22N2O3/c1-14(2)8-4-3-5-9(14)12(18)15-10-6-7-11(17)16-13(10)19/h9-10H,3-8H2,1-2H3,(H,15,18)(H,16,17,19). The van der Waals surface area contributed by atoms with Crippen LogP contribution in [0.5, 0.6) is 0 Å². The topological polar surface area (TPSA) is 75.3 Å². The van der Waals surface area contributed by atoms with Crippen molar-refractivity contribution in [2.45, 2.75) is 58.4 Å². The van der Waals surface area contributed by atoms with Crippen LogP contribution < -0.4 is 10.6 Å². The van der Waals surface area contributed by atoms with Crippen molar-refractivity contribution in [2.24, 2.45) is 11.3 Å². The Hall–Kier alpha value is -1.39. The van der Waals surface area contributed by atoms with Crippen molar-refractivity contribution in [3.05, 3.63) is 0 Å². The van der Waals surface area contributed by atoms with Gasteiger partial charge in [0.05, 0.1) is 0 Å². The maximum atomic E-state index is 12.3. The average molecular weight is 266 g/mol. The summed E-state index contributed by atoms with van der Waals surface area (Å²) in [5, 5.41) is 5.08. The van der Waals surface area contributed by atoms with Crippen molar-refractivity contribution in [1.82, 2.24) is 10.6 Å². The van der Waals surface area contributed by atoms with Crippen molar-refractivity contribution in [2.75, 3.05) is 0 Å². The number of rotatable bonds is 2. The Labute approximate surface area is 113 Å². The van der Waals surface area contributed by atoms with Crippen LogP contribution in [0.4, 0.5) is 0 Å². The van der Waals surface area contributed by atoms with E-state index in [0.29, 0.717) is 12.8 Å². The minimum atomic E-state index is -0.553. The van der Waals surface area contributed by atoms with Crippen LogP contribution in [0, 0.1) is 11.3 Å². The van der Waals surface area contributed by atoms with Gasteiger partial charge in [-0.25, -0.2) is 0 Å². The molecule has 1 saturated heterocycles. The summed E-state index contributed by atoms with van der Waals surface area (Å²) in [6, 6.07) is -0.553. The minimum absolute atomic E-state index is 0.0106. The fourth-order valence-electron chi connectivity index (χ4n) is 3.08. The Bertz CT molecular complexity index is 403. The van der Waals surface area contributed by atoms with Gasteiger partial charge in [-0.15, -0.1) is 0 Å². The first-order valence-electron chi connectivity index (χ1n) is 7.04. The lowest BCUT2D eigenvalue weighted by molar-refractivity contribution is -0.139. The second kappa shape index (κ2) is 5.31. The fourth-order valence-corrected chi connectivity index (χ4v) is 3.08. The zero-order chi connectivity index (χ0) is 14.0. The summed E-state index contributed by atoms with van der Waals surface area (Å²) < 4.78 is 0. The number of nitrogens with one attached hydrogen (secondary N) is 2. The Morgan fingerprint density at radius 3 is 2.63 bits per heavy atom. The largest absolute Gasteiger partial charge is 0.344 e. The molecule has 1 heterocycles. The van der Waals surface area contributed by atoms with E-state index in [2.05, 4.69) is 24.5 Å². The molecule has 2 rings (SSSR count). The van der Waals surface area contributed by atoms with Gasteiger partial charge in [0, 0.05) is 12.3 Å². The number of amides is 3. The normalized spacial score (nSPS) is 30.6. The molecule has 0 spiro atoms. The van der Waals surface area contributed by atoms with E-state index in [0.717, 1.165) is 25.7 Å². The molecule has 0 radical (unpaired) electrons. The molecule has 2 aliphatic rings. The molecule has 3 amide bonds. The monoisotopic (exact) mass is 266 g/mol. The summed E-state index contributed by atoms with van der Waals surface area (Å²) in [6.45, 7) is 4.22. The molecule has 2 unspecified atom stereocenters. The molecular formula is C14H22N2O3. The Kier molecular flexibility index (Phi) is 3.92. The molecule has 19 heavy (non-hydrogen) atoms. The van der Waals surface area contributed by atoms with Gasteiger partial charge in [-0.2, -0.15) is 0 Å². The number of imide groups is 1. The third kappa shape index (κ3) is 3.14. The van der Waals surface area contributed by atoms with E-state index in [1.165, 1.54) is 0 Å². The number of hydrogen-bond acceptors (Lipinski definition) is 3. The lowest BCUT2D eigenvalue weighted by Crippen LogP contribution is -2.54. The number of carbonyl (C=O) groups is 3. The van der Waals surface area contributed by atoms with Gasteiger partial charge < -0.3 is 5.32 Å². The quantitative estimate of drug-likeness (QED) is 0.736. The first-order chi connectivity index (χ1) is 8.90. The second-order valence-electron chi connectivity index (χ2n) is 6.30. The molecule has 1 aliphatic carbocycles. The molecule has 1 saturated carbocycles. The van der Waals surface area contributed by atoms with E-state index in [4.69, 9.17) is 0 Å². The summed E-state index contributed by atoms with van der Waals surface area (Å²) in [5.41, 5.74) is -0.0106. The van der Waals surface area contributed by atoms with Crippen molar-refractivity contribution < 1.29 is 14.4 Å². The minimum Gasteiger partial charge on any atom is -0.344 e. The molecular weight excluding hydrogens is 244 g/mol. The maximum Gasteiger partial charge on any atom is 0.249 e. The van der Waals surface area contributed by atoms with Gasteiger partial charge in [-0.05, 0) is 24.7 Å². The third-order valence-corrected chi connectivity index (χ3v) is 4.38. The van der Waals surface area contributed by atoms with Gasteiger partial charge in [-0.3, -0.25) is 19.7 Å². The summed E-state index contributed by atoms with van der Waals surface area (Å²) >= 11 is 0. The highest BCUT2D eigenvalue weighted by Crippen LogP contribution is 2.40. The van der Waals surface area contributed by atoms with E-state index in [-0.39, 0.29) is 29.1 Å². The molecule has 106 valence electrons. The van der Waals surface area contributed by atoms with Crippen LogP contribution in [0.2, 0.25) is 0 Å². The van der Waals surface area contributed by atoms with Crippen molar-refractivity contribution in [1.29, 1.82) is 0 Å². The highest BCUT2D eigenvalue weighted by molar-refractivity contribution is 6.01. The second-order valence-corrected chi connectivity index (χ2v) is 6.30. The van der Waals surface area contributed by atoms with Gasteiger partial charge in [-0.1, -0.05) is 26.7 Å². The van der Waals surface area contributed by atoms with Crippen LogP contribution in [0.25, 0.3) is 0 Å². The Balaban J connectivity index is 1.97. The third-order valence-electron chi connectivity index (χ3n) is 4.38. The molecule has 0 aromatic rings. The molecule has 2 fully saturated rings. The van der Waals surface area contributed by atoms with Gasteiger partial charge in [0.25, 0.3) is 0 Å². The molecule has 2 N–H and O–H groups in total. The highest BCUT2D eigenvalue weighted by Gasteiger charge is 2.39. The number of hydrogen-bond donors (Lipinski definition) is 2. The lowest BCUT2D eigenvalue weighted by Gasteiger charge is -2.38. The zero-order valence-corrected chi connectivity index (χ0v) is 11.6. The first-order valence-corrected chi connectivity index (χ1v) is 7.04. The average Bonchev–Trinajstić information content (AvgIpc) is 2.32. The molecule has 5 heteroatoms. The van der Waals surface area contributed by atoms with Crippen molar-refractivity contribution in [3.63, 3.8) is 0 Å². The molecule has 5 nitrogen and oxygen atoms in total. The van der Waals surface area contributed by atoms with E-state index in [9.17, 15) is 14.4 Å². The SMILES string of the molecule is CC1(C)CCCCC1C(=O)NC1CCC(=O)NC1=O. The van der Waals surface area contributed by atoms with Crippen molar-refractivity contribution >= 4 is 17.7 Å². The maximum absolute atomic E-state index is 12.3. The van der Waals surface area contributed by atoms with Crippen molar-refractivity contribution in [3.8, 4) is 0 Å². The predicted octanol–water partition coefficient (Wildman–Crippen LogP) is 1.12. The molecule has 0 bridgehead atoms. The van der Waals surface area contributed by atoms with Crippen LogP contribution in [-0.2, 0) is 14.4 Å². The molecule has 0 aromatic carbocycles. The molecule has 1 aliphatic heterocycles. The lowest BCUT2D eigenvalue weighted by atomic mass is 9.68. The van der Waals surface area contributed by atoms with Crippen LogP contribution in [0.3, 0.4) is 0 Å². The van der Waals surface area contributed by atoms with Gasteiger partial charge >= 0.3 is 0 Å². The summed E-state index contributed by atoms with van der Waals surface area (Å²) in [5.74, 6) is -0.711. The fraction of sp³-hybridized carbons (Fsp3) is 0.786. The highest BCUT2D eigenvalue weighted by atomic mass is 16.2. The first kappa shape index (κ1) is 14.0. The van der Waals surface area contributed by atoms with Crippen LogP contribution in [-0.4, -0.2) is 23.8 Å². The Morgan fingerprint density at radius 2 is 2.00 bits per heavy atom. The zero-order valence-electron chi connectivity index (χ0n) is 11.6. The van der Waals surface area contributed by atoms with E-state index in [1.807, 2.05) is 0 Å². The van der Waals surface area contributed by atoms with Crippen LogP contribution in [0.1, 0.15) is 52.4 Å². The van der Waals surface area contributed by atoms with Gasteiger partial charge in [0.1, 0.15) is 6.04 Å².